The van der Waals surface area contributed by atoms with Crippen molar-refractivity contribution in [3.8, 4) is 11.5 Å². The van der Waals surface area contributed by atoms with Gasteiger partial charge in [0, 0.05) is 10.7 Å². The summed E-state index contributed by atoms with van der Waals surface area (Å²) in [6.07, 6.45) is 0. The number of nitrogens with one attached hydrogen (secondary N) is 2. The molecular weight excluding hydrogens is 455 g/mol. The first-order chi connectivity index (χ1) is 15.4. The largest absolute Gasteiger partial charge is 0.457 e. The number of esters is 1. The summed E-state index contributed by atoms with van der Waals surface area (Å²) in [7, 11) is 0. The van der Waals surface area contributed by atoms with Crippen LogP contribution in [0.2, 0.25) is 10.0 Å². The first-order valence-corrected chi connectivity index (χ1v) is 10.2. The highest BCUT2D eigenvalue weighted by Crippen LogP contribution is 2.23. The molecule has 0 aliphatic rings. The molecule has 0 unspecified atom stereocenters. The molecule has 0 aromatic heterocycles. The lowest BCUT2D eigenvalue weighted by atomic mass is 10.2. The molecule has 0 saturated carbocycles. The number of carbonyl (C=O) groups excluding carboxylic acids is 3. The quantitative estimate of drug-likeness (QED) is 0.463. The third kappa shape index (κ3) is 7.01. The van der Waals surface area contributed by atoms with Crippen LogP contribution in [-0.4, -0.2) is 30.9 Å². The SMILES string of the molecule is O=C(COC(=O)CNC(=O)c1ccc(Cl)cc1Cl)Nc1ccc(Oc2ccccc2)cc1. The lowest BCUT2D eigenvalue weighted by Crippen LogP contribution is -2.32. The molecule has 7 nitrogen and oxygen atoms in total. The van der Waals surface area contributed by atoms with Crippen molar-refractivity contribution in [3.05, 3.63) is 88.4 Å². The fourth-order valence-corrected chi connectivity index (χ4v) is 3.04. The molecule has 9 heteroatoms. The Kier molecular flexibility index (Phi) is 8.08. The Balaban J connectivity index is 1.40. The lowest BCUT2D eigenvalue weighted by Gasteiger charge is -2.09. The summed E-state index contributed by atoms with van der Waals surface area (Å²) < 4.78 is 10.5. The molecule has 2 amide bonds. The highest BCUT2D eigenvalue weighted by atomic mass is 35.5. The number of hydrogen-bond acceptors (Lipinski definition) is 5. The molecule has 0 spiro atoms. The minimum atomic E-state index is -0.773. The van der Waals surface area contributed by atoms with E-state index < -0.39 is 30.9 Å². The van der Waals surface area contributed by atoms with Crippen LogP contribution in [0, 0.1) is 0 Å². The molecule has 3 rings (SSSR count). The Morgan fingerprint density at radius 3 is 2.22 bits per heavy atom. The van der Waals surface area contributed by atoms with Crippen LogP contribution in [0.3, 0.4) is 0 Å². The van der Waals surface area contributed by atoms with Crippen molar-refractivity contribution in [1.29, 1.82) is 0 Å². The molecule has 0 atom stereocenters. The van der Waals surface area contributed by atoms with Gasteiger partial charge in [-0.15, -0.1) is 0 Å². The van der Waals surface area contributed by atoms with Crippen LogP contribution >= 0.6 is 23.2 Å². The summed E-state index contributed by atoms with van der Waals surface area (Å²) in [5, 5.41) is 5.51. The fourth-order valence-electron chi connectivity index (χ4n) is 2.55. The maximum atomic E-state index is 12.1. The molecular formula is C23H18Cl2N2O5. The lowest BCUT2D eigenvalue weighted by molar-refractivity contribution is -0.146. The van der Waals surface area contributed by atoms with Crippen molar-refractivity contribution in [3.63, 3.8) is 0 Å². The molecule has 2 N–H and O–H groups in total. The minimum Gasteiger partial charge on any atom is -0.457 e. The third-order valence-electron chi connectivity index (χ3n) is 4.05. The summed E-state index contributed by atoms with van der Waals surface area (Å²) in [4.78, 5) is 35.9. The predicted molar refractivity (Wildman–Crippen MR) is 121 cm³/mol. The maximum Gasteiger partial charge on any atom is 0.325 e. The zero-order valence-corrected chi connectivity index (χ0v) is 18.2. The zero-order valence-electron chi connectivity index (χ0n) is 16.6. The Morgan fingerprint density at radius 1 is 0.844 bits per heavy atom. The van der Waals surface area contributed by atoms with Gasteiger partial charge < -0.3 is 20.1 Å². The van der Waals surface area contributed by atoms with Crippen LogP contribution in [0.25, 0.3) is 0 Å². The smallest absolute Gasteiger partial charge is 0.325 e. The molecule has 0 aliphatic carbocycles. The van der Waals surface area contributed by atoms with E-state index in [9.17, 15) is 14.4 Å². The minimum absolute atomic E-state index is 0.155. The second-order valence-electron chi connectivity index (χ2n) is 6.46. The van der Waals surface area contributed by atoms with Crippen molar-refractivity contribution in [1.82, 2.24) is 5.32 Å². The summed E-state index contributed by atoms with van der Waals surface area (Å²) in [5.41, 5.74) is 0.679. The number of amides is 2. The Bertz CT molecular complexity index is 1110. The van der Waals surface area contributed by atoms with Crippen molar-refractivity contribution < 1.29 is 23.9 Å². The van der Waals surface area contributed by atoms with Gasteiger partial charge >= 0.3 is 5.97 Å². The molecule has 0 saturated heterocycles. The number of hydrogen-bond donors (Lipinski definition) is 2. The van der Waals surface area contributed by atoms with Gasteiger partial charge in [-0.25, -0.2) is 0 Å². The van der Waals surface area contributed by atoms with Crippen LogP contribution < -0.4 is 15.4 Å². The predicted octanol–water partition coefficient (Wildman–Crippen LogP) is 4.70. The van der Waals surface area contributed by atoms with Gasteiger partial charge in [0.2, 0.25) is 0 Å². The van der Waals surface area contributed by atoms with Gasteiger partial charge in [-0.2, -0.15) is 0 Å². The fraction of sp³-hybridized carbons (Fsp3) is 0.0870. The van der Waals surface area contributed by atoms with E-state index in [2.05, 4.69) is 10.6 Å². The van der Waals surface area contributed by atoms with Gasteiger partial charge in [0.1, 0.15) is 18.0 Å². The summed E-state index contributed by atoms with van der Waals surface area (Å²) in [6, 6.07) is 20.4. The van der Waals surface area contributed by atoms with Crippen molar-refractivity contribution in [2.75, 3.05) is 18.5 Å². The Morgan fingerprint density at radius 2 is 1.53 bits per heavy atom. The van der Waals surface area contributed by atoms with Crippen molar-refractivity contribution in [2.24, 2.45) is 0 Å². The normalized spacial score (nSPS) is 10.2. The van der Waals surface area contributed by atoms with Crippen LogP contribution in [0.1, 0.15) is 10.4 Å². The van der Waals surface area contributed by atoms with E-state index in [4.69, 9.17) is 32.7 Å². The van der Waals surface area contributed by atoms with Crippen LogP contribution in [0.5, 0.6) is 11.5 Å². The van der Waals surface area contributed by atoms with Crippen LogP contribution in [0.15, 0.2) is 72.8 Å². The number of anilines is 1. The number of para-hydroxylation sites is 1. The van der Waals surface area contributed by atoms with E-state index in [-0.39, 0.29) is 10.6 Å². The standard InChI is InChI=1S/C23H18Cl2N2O5/c24-15-6-11-19(20(25)12-15)23(30)26-13-22(29)31-14-21(28)27-16-7-9-18(10-8-16)32-17-4-2-1-3-5-17/h1-12H,13-14H2,(H,26,30)(H,27,28). The molecule has 164 valence electrons. The summed E-state index contributed by atoms with van der Waals surface area (Å²) in [5.74, 6) is -0.558. The number of rotatable bonds is 8. The maximum absolute atomic E-state index is 12.1. The van der Waals surface area contributed by atoms with E-state index in [0.29, 0.717) is 22.2 Å². The second-order valence-corrected chi connectivity index (χ2v) is 7.30. The van der Waals surface area contributed by atoms with Crippen molar-refractivity contribution >= 4 is 46.7 Å². The average molecular weight is 473 g/mol. The van der Waals surface area contributed by atoms with E-state index in [1.165, 1.54) is 18.2 Å². The van der Waals surface area contributed by atoms with Gasteiger partial charge in [-0.05, 0) is 54.6 Å². The number of carbonyl (C=O) groups is 3. The second kappa shape index (κ2) is 11.2. The van der Waals surface area contributed by atoms with Crippen molar-refractivity contribution in [2.45, 2.75) is 0 Å². The van der Waals surface area contributed by atoms with Gasteiger partial charge in [0.05, 0.1) is 10.6 Å². The van der Waals surface area contributed by atoms with Gasteiger partial charge in [-0.1, -0.05) is 41.4 Å². The van der Waals surface area contributed by atoms with Gasteiger partial charge in [-0.3, -0.25) is 14.4 Å². The molecule has 0 aliphatic heterocycles. The highest BCUT2D eigenvalue weighted by Gasteiger charge is 2.13. The van der Waals surface area contributed by atoms with Gasteiger partial charge in [0.15, 0.2) is 6.61 Å². The molecule has 0 heterocycles. The van der Waals surface area contributed by atoms with E-state index in [1.807, 2.05) is 30.3 Å². The number of halogens is 2. The average Bonchev–Trinajstić information content (AvgIpc) is 2.78. The van der Waals surface area contributed by atoms with E-state index >= 15 is 0 Å². The zero-order chi connectivity index (χ0) is 22.9. The molecule has 0 fully saturated rings. The molecule has 0 bridgehead atoms. The first-order valence-electron chi connectivity index (χ1n) is 9.42. The first kappa shape index (κ1) is 23.1. The topological polar surface area (TPSA) is 93.7 Å². The monoisotopic (exact) mass is 472 g/mol. The number of benzene rings is 3. The molecule has 0 radical (unpaired) electrons. The Hall–Kier alpha value is -3.55. The van der Waals surface area contributed by atoms with Crippen LogP contribution in [0.4, 0.5) is 5.69 Å². The van der Waals surface area contributed by atoms with Gasteiger partial charge in [0.25, 0.3) is 11.8 Å². The van der Waals surface area contributed by atoms with E-state index in [0.717, 1.165) is 0 Å². The molecule has 3 aromatic carbocycles. The number of ether oxygens (including phenoxy) is 2. The van der Waals surface area contributed by atoms with E-state index in [1.54, 1.807) is 24.3 Å². The highest BCUT2D eigenvalue weighted by molar-refractivity contribution is 6.36. The Labute approximate surface area is 194 Å². The molecule has 32 heavy (non-hydrogen) atoms. The molecule has 3 aromatic rings. The summed E-state index contributed by atoms with van der Waals surface area (Å²) >= 11 is 11.7. The van der Waals surface area contributed by atoms with Crippen LogP contribution in [-0.2, 0) is 14.3 Å². The summed E-state index contributed by atoms with van der Waals surface area (Å²) in [6.45, 7) is -0.921. The third-order valence-corrected chi connectivity index (χ3v) is 4.60.